The Kier molecular flexibility index (Phi) is 3.70. The lowest BCUT2D eigenvalue weighted by Crippen LogP contribution is -2.37. The predicted molar refractivity (Wildman–Crippen MR) is 75.7 cm³/mol. The van der Waals surface area contributed by atoms with Gasteiger partial charge in [-0.05, 0) is 20.3 Å². The summed E-state index contributed by atoms with van der Waals surface area (Å²) < 4.78 is 0. The molecular weight excluding hydrogens is 282 g/mol. The first-order valence-corrected chi connectivity index (χ1v) is 7.07. The molecule has 1 saturated heterocycles. The van der Waals surface area contributed by atoms with E-state index in [1.165, 1.54) is 17.4 Å². The maximum Gasteiger partial charge on any atom is 0.304 e. The van der Waals surface area contributed by atoms with Gasteiger partial charge >= 0.3 is 5.69 Å². The van der Waals surface area contributed by atoms with Crippen LogP contribution in [0.1, 0.15) is 31.2 Å². The zero-order chi connectivity index (χ0) is 15.1. The number of anilines is 1. The number of hydrogen-bond donors (Lipinski definition) is 2. The topological polar surface area (TPSA) is 110 Å². The Bertz CT molecular complexity index is 557. The first-order valence-electron chi connectivity index (χ1n) is 6.25. The minimum absolute atomic E-state index is 0.0281. The molecule has 110 valence electrons. The van der Waals surface area contributed by atoms with Crippen molar-refractivity contribution in [1.29, 1.82) is 0 Å². The van der Waals surface area contributed by atoms with Crippen molar-refractivity contribution in [3.8, 4) is 0 Å². The Labute approximate surface area is 120 Å². The molecule has 2 heterocycles. The Morgan fingerprint density at radius 1 is 1.70 bits per heavy atom. The van der Waals surface area contributed by atoms with Gasteiger partial charge in [0.1, 0.15) is 0 Å². The number of rotatable bonds is 4. The van der Waals surface area contributed by atoms with Crippen LogP contribution in [0, 0.1) is 15.5 Å². The number of carbonyl (C=O) groups is 1. The Morgan fingerprint density at radius 3 is 2.80 bits per heavy atom. The molecule has 1 fully saturated rings. The molecule has 8 heteroatoms. The Hall–Kier alpha value is -1.67. The SMILES string of the molecule is CC(O)c1cc([N+](=O)[O-])c(N2CCC(C)(C(N)=O)C2)s1. The molecule has 0 aliphatic carbocycles. The van der Waals surface area contributed by atoms with Crippen LogP contribution in [0.25, 0.3) is 0 Å². The van der Waals surface area contributed by atoms with E-state index in [4.69, 9.17) is 5.73 Å². The Balaban J connectivity index is 2.34. The van der Waals surface area contributed by atoms with Gasteiger partial charge in [0, 0.05) is 24.0 Å². The fourth-order valence-corrected chi connectivity index (χ4v) is 3.38. The Morgan fingerprint density at radius 2 is 2.35 bits per heavy atom. The third-order valence-corrected chi connectivity index (χ3v) is 5.03. The zero-order valence-electron chi connectivity index (χ0n) is 11.3. The van der Waals surface area contributed by atoms with Gasteiger partial charge in [-0.3, -0.25) is 14.9 Å². The molecule has 1 aliphatic heterocycles. The third kappa shape index (κ3) is 2.48. The summed E-state index contributed by atoms with van der Waals surface area (Å²) >= 11 is 1.19. The molecule has 0 saturated carbocycles. The molecule has 3 N–H and O–H groups in total. The fourth-order valence-electron chi connectivity index (χ4n) is 2.29. The first kappa shape index (κ1) is 14.7. The number of nitrogens with two attached hydrogens (primary N) is 1. The van der Waals surface area contributed by atoms with Crippen LogP contribution in [-0.2, 0) is 4.79 Å². The largest absolute Gasteiger partial charge is 0.388 e. The minimum Gasteiger partial charge on any atom is -0.388 e. The van der Waals surface area contributed by atoms with Crippen LogP contribution in [0.15, 0.2) is 6.07 Å². The summed E-state index contributed by atoms with van der Waals surface area (Å²) in [7, 11) is 0. The van der Waals surface area contributed by atoms with Crippen molar-refractivity contribution < 1.29 is 14.8 Å². The van der Waals surface area contributed by atoms with Gasteiger partial charge in [-0.2, -0.15) is 0 Å². The molecule has 1 aromatic heterocycles. The quantitative estimate of drug-likeness (QED) is 0.645. The monoisotopic (exact) mass is 299 g/mol. The van der Waals surface area contributed by atoms with E-state index in [0.717, 1.165) is 0 Å². The van der Waals surface area contributed by atoms with E-state index in [0.29, 0.717) is 29.4 Å². The van der Waals surface area contributed by atoms with E-state index in [2.05, 4.69) is 0 Å². The number of primary amides is 1. The zero-order valence-corrected chi connectivity index (χ0v) is 12.1. The molecule has 2 unspecified atom stereocenters. The van der Waals surface area contributed by atoms with Gasteiger partial charge in [0.2, 0.25) is 5.91 Å². The first-order chi connectivity index (χ1) is 9.24. The molecule has 0 aromatic carbocycles. The minimum atomic E-state index is -0.752. The molecule has 1 aromatic rings. The molecule has 2 rings (SSSR count). The van der Waals surface area contributed by atoms with Crippen LogP contribution >= 0.6 is 11.3 Å². The standard InChI is InChI=1S/C12H17N3O4S/c1-7(16)9-5-8(15(18)19)10(20-9)14-4-3-12(2,6-14)11(13)17/h5,7,16H,3-4,6H2,1-2H3,(H2,13,17). The number of aliphatic hydroxyl groups is 1. The highest BCUT2D eigenvalue weighted by molar-refractivity contribution is 7.16. The average molecular weight is 299 g/mol. The van der Waals surface area contributed by atoms with Crippen molar-refractivity contribution in [2.45, 2.75) is 26.4 Å². The normalized spacial score (nSPS) is 23.9. The lowest BCUT2D eigenvalue weighted by molar-refractivity contribution is -0.383. The molecule has 2 atom stereocenters. The number of nitro groups is 1. The van der Waals surface area contributed by atoms with Crippen LogP contribution in [0.3, 0.4) is 0 Å². The number of carbonyl (C=O) groups excluding carboxylic acids is 1. The van der Waals surface area contributed by atoms with Crippen LogP contribution in [0.5, 0.6) is 0 Å². The smallest absolute Gasteiger partial charge is 0.304 e. The third-order valence-electron chi connectivity index (χ3n) is 3.68. The van der Waals surface area contributed by atoms with Crippen molar-refractivity contribution in [3.05, 3.63) is 21.1 Å². The molecular formula is C12H17N3O4S. The summed E-state index contributed by atoms with van der Waals surface area (Å²) in [6.07, 6.45) is -0.181. The molecule has 7 nitrogen and oxygen atoms in total. The van der Waals surface area contributed by atoms with Crippen LogP contribution in [0.2, 0.25) is 0 Å². The lowest BCUT2D eigenvalue weighted by Gasteiger charge is -2.20. The summed E-state index contributed by atoms with van der Waals surface area (Å²) in [6, 6.07) is 1.39. The fraction of sp³-hybridized carbons (Fsp3) is 0.583. The van der Waals surface area contributed by atoms with E-state index < -0.39 is 22.3 Å². The molecule has 0 bridgehead atoms. The van der Waals surface area contributed by atoms with Crippen LogP contribution in [0.4, 0.5) is 10.7 Å². The maximum atomic E-state index is 11.5. The lowest BCUT2D eigenvalue weighted by atomic mass is 9.89. The highest BCUT2D eigenvalue weighted by atomic mass is 32.1. The van der Waals surface area contributed by atoms with Gasteiger partial charge in [-0.15, -0.1) is 11.3 Å². The summed E-state index contributed by atoms with van der Waals surface area (Å²) in [5.74, 6) is -0.394. The van der Waals surface area contributed by atoms with Gasteiger partial charge < -0.3 is 15.7 Å². The van der Waals surface area contributed by atoms with Crippen LogP contribution < -0.4 is 10.6 Å². The summed E-state index contributed by atoms with van der Waals surface area (Å²) in [6.45, 7) is 4.24. The highest BCUT2D eigenvalue weighted by Crippen LogP contribution is 2.44. The van der Waals surface area contributed by atoms with E-state index in [-0.39, 0.29) is 5.69 Å². The van der Waals surface area contributed by atoms with Gasteiger partial charge in [-0.1, -0.05) is 0 Å². The molecule has 1 amide bonds. The summed E-state index contributed by atoms with van der Waals surface area (Å²) in [5, 5.41) is 21.2. The van der Waals surface area contributed by atoms with Crippen LogP contribution in [-0.4, -0.2) is 29.0 Å². The predicted octanol–water partition coefficient (Wildman–Crippen LogP) is 1.41. The maximum absolute atomic E-state index is 11.5. The van der Waals surface area contributed by atoms with E-state index in [9.17, 15) is 20.0 Å². The van der Waals surface area contributed by atoms with Crippen molar-refractivity contribution >= 4 is 27.9 Å². The number of aliphatic hydroxyl groups excluding tert-OH is 1. The number of hydrogen-bond acceptors (Lipinski definition) is 6. The molecule has 0 radical (unpaired) electrons. The number of nitrogens with zero attached hydrogens (tertiary/aromatic N) is 2. The van der Waals surface area contributed by atoms with E-state index in [1.54, 1.807) is 18.7 Å². The van der Waals surface area contributed by atoms with Gasteiger partial charge in [-0.25, -0.2) is 0 Å². The molecule has 0 spiro atoms. The van der Waals surface area contributed by atoms with Gasteiger partial charge in [0.05, 0.1) is 16.4 Å². The molecule has 20 heavy (non-hydrogen) atoms. The second-order valence-corrected chi connectivity index (χ2v) is 6.43. The van der Waals surface area contributed by atoms with E-state index in [1.807, 2.05) is 0 Å². The second-order valence-electron chi connectivity index (χ2n) is 5.37. The summed E-state index contributed by atoms with van der Waals surface area (Å²) in [5.41, 5.74) is 4.70. The van der Waals surface area contributed by atoms with Crippen molar-refractivity contribution in [3.63, 3.8) is 0 Å². The van der Waals surface area contributed by atoms with E-state index >= 15 is 0 Å². The number of thiophene rings is 1. The average Bonchev–Trinajstić information content (AvgIpc) is 2.93. The van der Waals surface area contributed by atoms with Crippen molar-refractivity contribution in [1.82, 2.24) is 0 Å². The molecule has 1 aliphatic rings. The van der Waals surface area contributed by atoms with Gasteiger partial charge in [0.25, 0.3) is 0 Å². The second kappa shape index (κ2) is 5.02. The van der Waals surface area contributed by atoms with Crippen molar-refractivity contribution in [2.24, 2.45) is 11.1 Å². The van der Waals surface area contributed by atoms with Crippen molar-refractivity contribution in [2.75, 3.05) is 18.0 Å². The summed E-state index contributed by atoms with van der Waals surface area (Å²) in [4.78, 5) is 24.5. The number of amides is 1. The highest BCUT2D eigenvalue weighted by Gasteiger charge is 2.41. The van der Waals surface area contributed by atoms with Gasteiger partial charge in [0.15, 0.2) is 5.00 Å².